The first-order chi connectivity index (χ1) is 9.78. The highest BCUT2D eigenvalue weighted by molar-refractivity contribution is 7.89. The summed E-state index contributed by atoms with van der Waals surface area (Å²) in [4.78, 5) is -0.647. The molecule has 1 aromatic carbocycles. The van der Waals surface area contributed by atoms with Crippen LogP contribution in [0.4, 0.5) is 13.2 Å². The van der Waals surface area contributed by atoms with Gasteiger partial charge in [-0.25, -0.2) is 13.1 Å². The third-order valence-electron chi connectivity index (χ3n) is 2.17. The van der Waals surface area contributed by atoms with E-state index in [9.17, 15) is 21.6 Å². The van der Waals surface area contributed by atoms with Crippen LogP contribution in [0.5, 0.6) is 5.75 Å². The first kappa shape index (κ1) is 15.2. The number of ether oxygens (including phenoxy) is 1. The Morgan fingerprint density at radius 2 is 2.00 bits per heavy atom. The van der Waals surface area contributed by atoms with Gasteiger partial charge in [-0.2, -0.15) is 5.21 Å². The molecule has 2 aromatic rings. The maximum absolute atomic E-state index is 12.2. The van der Waals surface area contributed by atoms with Crippen LogP contribution < -0.4 is 9.46 Å². The van der Waals surface area contributed by atoms with Crippen molar-refractivity contribution in [1.82, 2.24) is 25.3 Å². The molecular formula is C9H8F3N5O3S. The highest BCUT2D eigenvalue weighted by Gasteiger charge is 2.33. The van der Waals surface area contributed by atoms with Gasteiger partial charge in [-0.15, -0.1) is 23.4 Å². The van der Waals surface area contributed by atoms with Crippen LogP contribution in [0.1, 0.15) is 5.82 Å². The van der Waals surface area contributed by atoms with Crippen LogP contribution in [0.15, 0.2) is 29.2 Å². The number of H-pyrrole nitrogens is 1. The number of hydrogen-bond acceptors (Lipinski definition) is 6. The average molecular weight is 323 g/mol. The molecule has 2 N–H and O–H groups in total. The number of nitrogens with one attached hydrogen (secondary N) is 2. The van der Waals surface area contributed by atoms with E-state index in [-0.39, 0.29) is 12.4 Å². The van der Waals surface area contributed by atoms with E-state index in [2.05, 4.69) is 25.4 Å². The lowest BCUT2D eigenvalue weighted by atomic mass is 10.3. The Kier molecular flexibility index (Phi) is 4.09. The summed E-state index contributed by atoms with van der Waals surface area (Å²) < 4.78 is 66.5. The van der Waals surface area contributed by atoms with Crippen molar-refractivity contribution in [2.45, 2.75) is 17.8 Å². The summed E-state index contributed by atoms with van der Waals surface area (Å²) in [5.74, 6) is -0.793. The van der Waals surface area contributed by atoms with Crippen LogP contribution in [0.25, 0.3) is 0 Å². The number of sulfonamides is 1. The van der Waals surface area contributed by atoms with Gasteiger partial charge in [0.25, 0.3) is 0 Å². The van der Waals surface area contributed by atoms with Crippen molar-refractivity contribution in [1.29, 1.82) is 0 Å². The van der Waals surface area contributed by atoms with Crippen molar-refractivity contribution >= 4 is 10.0 Å². The highest BCUT2D eigenvalue weighted by Crippen LogP contribution is 2.29. The fourth-order valence-corrected chi connectivity index (χ4v) is 2.48. The molecule has 0 aliphatic heterocycles. The summed E-state index contributed by atoms with van der Waals surface area (Å²) in [5.41, 5.74) is 0. The lowest BCUT2D eigenvalue weighted by Crippen LogP contribution is -2.26. The van der Waals surface area contributed by atoms with Crippen LogP contribution in [0.3, 0.4) is 0 Å². The Morgan fingerprint density at radius 3 is 2.62 bits per heavy atom. The van der Waals surface area contributed by atoms with E-state index in [1.165, 1.54) is 12.1 Å². The smallest absolute Gasteiger partial charge is 0.404 e. The average Bonchev–Trinajstić information content (AvgIpc) is 2.88. The zero-order valence-electron chi connectivity index (χ0n) is 10.1. The molecule has 21 heavy (non-hydrogen) atoms. The van der Waals surface area contributed by atoms with Gasteiger partial charge in [0, 0.05) is 0 Å². The zero-order valence-corrected chi connectivity index (χ0v) is 10.9. The van der Waals surface area contributed by atoms with Gasteiger partial charge in [0.2, 0.25) is 10.0 Å². The predicted molar refractivity (Wildman–Crippen MR) is 61.3 cm³/mol. The van der Waals surface area contributed by atoms with Crippen molar-refractivity contribution in [2.75, 3.05) is 0 Å². The molecule has 0 saturated heterocycles. The second kappa shape index (κ2) is 5.65. The molecule has 0 amide bonds. The van der Waals surface area contributed by atoms with Crippen molar-refractivity contribution in [2.24, 2.45) is 0 Å². The third-order valence-corrected chi connectivity index (χ3v) is 3.61. The van der Waals surface area contributed by atoms with Gasteiger partial charge >= 0.3 is 6.36 Å². The van der Waals surface area contributed by atoms with Gasteiger partial charge in [-0.1, -0.05) is 17.3 Å². The maximum atomic E-state index is 12.2. The Hall–Kier alpha value is -2.21. The quantitative estimate of drug-likeness (QED) is 0.833. The van der Waals surface area contributed by atoms with Crippen LogP contribution in [0, 0.1) is 0 Å². The zero-order chi connectivity index (χ0) is 15.5. The van der Waals surface area contributed by atoms with Crippen molar-refractivity contribution < 1.29 is 26.3 Å². The van der Waals surface area contributed by atoms with Crippen molar-refractivity contribution in [3.8, 4) is 5.75 Å². The molecule has 0 bridgehead atoms. The minimum atomic E-state index is -5.00. The topological polar surface area (TPSA) is 110 Å². The summed E-state index contributed by atoms with van der Waals surface area (Å²) in [6.45, 7) is -0.334. The van der Waals surface area contributed by atoms with E-state index in [1.807, 2.05) is 4.72 Å². The molecular weight excluding hydrogens is 315 g/mol. The molecule has 0 aliphatic rings. The monoisotopic (exact) mass is 323 g/mol. The molecule has 0 unspecified atom stereocenters. The van der Waals surface area contributed by atoms with E-state index >= 15 is 0 Å². The fraction of sp³-hybridized carbons (Fsp3) is 0.222. The lowest BCUT2D eigenvalue weighted by Gasteiger charge is -2.13. The molecule has 1 heterocycles. The summed E-state index contributed by atoms with van der Waals surface area (Å²) in [6.07, 6.45) is -5.00. The molecule has 0 radical (unpaired) electrons. The van der Waals surface area contributed by atoms with Gasteiger partial charge in [0.15, 0.2) is 5.82 Å². The van der Waals surface area contributed by atoms with Gasteiger partial charge < -0.3 is 4.74 Å². The number of hydrogen-bond donors (Lipinski definition) is 2. The van der Waals surface area contributed by atoms with Gasteiger partial charge in [0.1, 0.15) is 10.6 Å². The molecule has 114 valence electrons. The number of tetrazole rings is 1. The Morgan fingerprint density at radius 1 is 1.29 bits per heavy atom. The molecule has 0 spiro atoms. The largest absolute Gasteiger partial charge is 0.573 e. The van der Waals surface area contributed by atoms with E-state index < -0.39 is 27.0 Å². The van der Waals surface area contributed by atoms with Gasteiger partial charge in [-0.05, 0) is 12.1 Å². The minimum absolute atomic E-state index is 0.0350. The summed E-state index contributed by atoms with van der Waals surface area (Å²) >= 11 is 0. The molecule has 8 nitrogen and oxygen atoms in total. The third kappa shape index (κ3) is 4.13. The summed E-state index contributed by atoms with van der Waals surface area (Å²) in [5, 5.41) is 12.3. The van der Waals surface area contributed by atoms with Gasteiger partial charge in [-0.3, -0.25) is 0 Å². The van der Waals surface area contributed by atoms with Crippen LogP contribution >= 0.6 is 0 Å². The molecule has 0 fully saturated rings. The summed E-state index contributed by atoms with van der Waals surface area (Å²) in [7, 11) is -4.24. The van der Waals surface area contributed by atoms with Crippen LogP contribution in [0.2, 0.25) is 0 Å². The predicted octanol–water partition coefficient (Wildman–Crippen LogP) is 0.577. The van der Waals surface area contributed by atoms with Crippen LogP contribution in [-0.2, 0) is 16.6 Å². The number of rotatable bonds is 5. The normalized spacial score (nSPS) is 12.3. The molecule has 1 aromatic heterocycles. The van der Waals surface area contributed by atoms with Crippen molar-refractivity contribution in [3.05, 3.63) is 30.1 Å². The molecule has 12 heteroatoms. The number of benzene rings is 1. The fourth-order valence-electron chi connectivity index (χ4n) is 1.38. The Balaban J connectivity index is 2.23. The Bertz CT molecular complexity index is 702. The molecule has 0 aliphatic carbocycles. The number of nitrogens with zero attached hydrogens (tertiary/aromatic N) is 3. The number of halogens is 3. The Labute approximate surface area is 116 Å². The second-order valence-corrected chi connectivity index (χ2v) is 5.38. The van der Waals surface area contributed by atoms with Crippen molar-refractivity contribution in [3.63, 3.8) is 0 Å². The van der Waals surface area contributed by atoms with Crippen LogP contribution in [-0.4, -0.2) is 35.4 Å². The van der Waals surface area contributed by atoms with E-state index in [0.29, 0.717) is 0 Å². The van der Waals surface area contributed by atoms with E-state index in [0.717, 1.165) is 12.1 Å². The molecule has 0 saturated carbocycles. The van der Waals surface area contributed by atoms with E-state index in [1.54, 1.807) is 0 Å². The van der Waals surface area contributed by atoms with E-state index in [4.69, 9.17) is 0 Å². The minimum Gasteiger partial charge on any atom is -0.404 e. The first-order valence-corrected chi connectivity index (χ1v) is 6.83. The number of aromatic amines is 1. The first-order valence-electron chi connectivity index (χ1n) is 5.35. The number of para-hydroxylation sites is 1. The SMILES string of the molecule is O=S(=O)(NCc1nn[nH]n1)c1ccccc1OC(F)(F)F. The maximum Gasteiger partial charge on any atom is 0.573 e. The highest BCUT2D eigenvalue weighted by atomic mass is 32.2. The second-order valence-electron chi connectivity index (χ2n) is 3.65. The number of alkyl halides is 3. The van der Waals surface area contributed by atoms with Gasteiger partial charge in [0.05, 0.1) is 6.54 Å². The standard InChI is InChI=1S/C9H8F3N5O3S/c10-9(11,12)20-6-3-1-2-4-7(6)21(18,19)13-5-8-14-16-17-15-8/h1-4,13H,5H2,(H,14,15,16,17). The lowest BCUT2D eigenvalue weighted by molar-refractivity contribution is -0.275. The molecule has 2 rings (SSSR count). The summed E-state index contributed by atoms with van der Waals surface area (Å²) in [6, 6.07) is 4.38. The number of aromatic nitrogens is 4. The molecule has 0 atom stereocenters.